The highest BCUT2D eigenvalue weighted by molar-refractivity contribution is 7.99. The van der Waals surface area contributed by atoms with Crippen LogP contribution in [0.15, 0.2) is 5.16 Å². The van der Waals surface area contributed by atoms with Crippen LogP contribution >= 0.6 is 11.8 Å². The van der Waals surface area contributed by atoms with E-state index in [1.165, 1.54) is 11.8 Å². The van der Waals surface area contributed by atoms with E-state index in [2.05, 4.69) is 21.0 Å². The molecule has 0 bridgehead atoms. The first kappa shape index (κ1) is 11.9. The van der Waals surface area contributed by atoms with Crippen LogP contribution in [0.5, 0.6) is 0 Å². The maximum atomic E-state index is 11.3. The van der Waals surface area contributed by atoms with Crippen molar-refractivity contribution >= 4 is 17.7 Å². The molecule has 84 valence electrons. The van der Waals surface area contributed by atoms with Crippen molar-refractivity contribution in [3.05, 3.63) is 0 Å². The zero-order valence-electron chi connectivity index (χ0n) is 8.84. The minimum Gasteiger partial charge on any atom is -0.294 e. The molecular weight excluding hydrogens is 216 g/mol. The van der Waals surface area contributed by atoms with Gasteiger partial charge >= 0.3 is 0 Å². The molecule has 3 N–H and O–H groups in total. The zero-order chi connectivity index (χ0) is 11.4. The number of carbonyl (C=O) groups is 1. The maximum absolute atomic E-state index is 11.3. The molecule has 1 rings (SSSR count). The highest BCUT2D eigenvalue weighted by atomic mass is 32.2. The second-order valence-electron chi connectivity index (χ2n) is 3.21. The van der Waals surface area contributed by atoms with Gasteiger partial charge in [-0.15, -0.1) is 5.10 Å². The van der Waals surface area contributed by atoms with Gasteiger partial charge < -0.3 is 0 Å². The first-order chi connectivity index (χ1) is 7.06. The summed E-state index contributed by atoms with van der Waals surface area (Å²) in [6, 6.07) is 0. The molecule has 1 heterocycles. The van der Waals surface area contributed by atoms with E-state index >= 15 is 0 Å². The largest absolute Gasteiger partial charge is 0.294 e. The molecule has 0 spiro atoms. The van der Waals surface area contributed by atoms with Crippen molar-refractivity contribution in [2.45, 2.75) is 24.3 Å². The second-order valence-corrected chi connectivity index (χ2v) is 4.55. The maximum Gasteiger partial charge on any atom is 0.237 e. The van der Waals surface area contributed by atoms with E-state index in [-0.39, 0.29) is 17.1 Å². The van der Waals surface area contributed by atoms with Crippen LogP contribution in [0.1, 0.15) is 13.8 Å². The van der Waals surface area contributed by atoms with E-state index in [4.69, 9.17) is 5.84 Å². The van der Waals surface area contributed by atoms with Gasteiger partial charge in [0, 0.05) is 18.2 Å². The topological polar surface area (TPSA) is 98.7 Å². The number of amides is 1. The number of rotatable bonds is 4. The van der Waals surface area contributed by atoms with Gasteiger partial charge in [-0.3, -0.25) is 10.2 Å². The molecule has 1 aromatic heterocycles. The Morgan fingerprint density at radius 3 is 2.73 bits per heavy atom. The molecule has 2 atom stereocenters. The van der Waals surface area contributed by atoms with Crippen molar-refractivity contribution in [1.29, 1.82) is 0 Å². The third kappa shape index (κ3) is 2.90. The Hall–Kier alpha value is -1.15. The average Bonchev–Trinajstić information content (AvgIpc) is 2.62. The Labute approximate surface area is 91.7 Å². The number of hydrogen-bond acceptors (Lipinski definition) is 6. The van der Waals surface area contributed by atoms with Gasteiger partial charge in [-0.2, -0.15) is 0 Å². The SMILES string of the molecule is CC(Sc1nnnn1C)C(C)C(=O)NN. The van der Waals surface area contributed by atoms with Gasteiger partial charge in [-0.05, 0) is 10.4 Å². The minimum atomic E-state index is -0.198. The smallest absolute Gasteiger partial charge is 0.237 e. The van der Waals surface area contributed by atoms with Crippen LogP contribution in [0, 0.1) is 5.92 Å². The first-order valence-electron chi connectivity index (χ1n) is 4.45. The van der Waals surface area contributed by atoms with Crippen molar-refractivity contribution in [3.8, 4) is 0 Å². The summed E-state index contributed by atoms with van der Waals surface area (Å²) in [7, 11) is 1.75. The van der Waals surface area contributed by atoms with Gasteiger partial charge in [0.2, 0.25) is 11.1 Å². The van der Waals surface area contributed by atoms with Crippen molar-refractivity contribution in [2.75, 3.05) is 0 Å². The molecule has 0 saturated carbocycles. The molecule has 1 amide bonds. The summed E-state index contributed by atoms with van der Waals surface area (Å²) in [5.74, 6) is 4.67. The molecule has 2 unspecified atom stereocenters. The highest BCUT2D eigenvalue weighted by Gasteiger charge is 2.22. The van der Waals surface area contributed by atoms with Crippen molar-refractivity contribution in [2.24, 2.45) is 18.8 Å². The number of carbonyl (C=O) groups excluding carboxylic acids is 1. The van der Waals surface area contributed by atoms with Crippen LogP contribution in [0.4, 0.5) is 0 Å². The summed E-state index contributed by atoms with van der Waals surface area (Å²) in [5.41, 5.74) is 2.13. The third-order valence-corrected chi connectivity index (χ3v) is 3.47. The van der Waals surface area contributed by atoms with Gasteiger partial charge in [-0.1, -0.05) is 25.6 Å². The zero-order valence-corrected chi connectivity index (χ0v) is 9.65. The summed E-state index contributed by atoms with van der Waals surface area (Å²) in [6.45, 7) is 3.74. The fourth-order valence-electron chi connectivity index (χ4n) is 0.934. The Balaban J connectivity index is 2.59. The highest BCUT2D eigenvalue weighted by Crippen LogP contribution is 2.25. The molecule has 0 radical (unpaired) electrons. The number of aromatic nitrogens is 4. The normalized spacial score (nSPS) is 14.7. The summed E-state index contributed by atoms with van der Waals surface area (Å²) in [5, 5.41) is 11.8. The number of hydrogen-bond donors (Lipinski definition) is 2. The number of aryl methyl sites for hydroxylation is 1. The number of thioether (sulfide) groups is 1. The van der Waals surface area contributed by atoms with Crippen LogP contribution in [0.3, 0.4) is 0 Å². The third-order valence-electron chi connectivity index (χ3n) is 2.13. The predicted molar refractivity (Wildman–Crippen MR) is 55.6 cm³/mol. The lowest BCUT2D eigenvalue weighted by Gasteiger charge is -2.16. The van der Waals surface area contributed by atoms with Crippen molar-refractivity contribution in [1.82, 2.24) is 25.6 Å². The van der Waals surface area contributed by atoms with E-state index < -0.39 is 0 Å². The number of nitrogens with zero attached hydrogens (tertiary/aromatic N) is 4. The van der Waals surface area contributed by atoms with Crippen LogP contribution in [0.2, 0.25) is 0 Å². The lowest BCUT2D eigenvalue weighted by molar-refractivity contribution is -0.124. The quantitative estimate of drug-likeness (QED) is 0.308. The lowest BCUT2D eigenvalue weighted by Crippen LogP contribution is -2.38. The average molecular weight is 230 g/mol. The second kappa shape index (κ2) is 5.08. The van der Waals surface area contributed by atoms with E-state index in [0.29, 0.717) is 5.16 Å². The number of hydrazine groups is 1. The molecule has 7 nitrogen and oxygen atoms in total. The predicted octanol–water partition coefficient (Wildman–Crippen LogP) is -0.683. The van der Waals surface area contributed by atoms with Crippen molar-refractivity contribution in [3.63, 3.8) is 0 Å². The van der Waals surface area contributed by atoms with Gasteiger partial charge in [0.15, 0.2) is 0 Å². The monoisotopic (exact) mass is 230 g/mol. The Morgan fingerprint density at radius 1 is 1.60 bits per heavy atom. The van der Waals surface area contributed by atoms with Crippen LogP contribution in [-0.2, 0) is 11.8 Å². The first-order valence-corrected chi connectivity index (χ1v) is 5.33. The van der Waals surface area contributed by atoms with E-state index in [0.717, 1.165) is 0 Å². The van der Waals surface area contributed by atoms with Crippen molar-refractivity contribution < 1.29 is 4.79 Å². The van der Waals surface area contributed by atoms with Crippen LogP contribution in [-0.4, -0.2) is 31.4 Å². The molecule has 0 aliphatic heterocycles. The van der Waals surface area contributed by atoms with Gasteiger partial charge in [-0.25, -0.2) is 10.5 Å². The summed E-state index contributed by atoms with van der Waals surface area (Å²) in [4.78, 5) is 11.3. The Morgan fingerprint density at radius 2 is 2.27 bits per heavy atom. The molecule has 1 aromatic rings. The molecule has 0 aliphatic carbocycles. The molecule has 15 heavy (non-hydrogen) atoms. The van der Waals surface area contributed by atoms with Gasteiger partial charge in [0.25, 0.3) is 0 Å². The van der Waals surface area contributed by atoms with Crippen LogP contribution < -0.4 is 11.3 Å². The molecular formula is C7H14N6OS. The number of nitrogens with two attached hydrogens (primary N) is 1. The molecule has 0 aromatic carbocycles. The van der Waals surface area contributed by atoms with E-state index in [9.17, 15) is 4.79 Å². The standard InChI is InChI=1S/C7H14N6OS/c1-4(6(14)9-8)5(2)15-7-10-11-12-13(7)3/h4-5H,8H2,1-3H3,(H,9,14). The number of tetrazole rings is 1. The molecule has 0 aliphatic rings. The number of nitrogens with one attached hydrogen (secondary N) is 1. The fraction of sp³-hybridized carbons (Fsp3) is 0.714. The van der Waals surface area contributed by atoms with E-state index in [1.807, 2.05) is 13.8 Å². The summed E-state index contributed by atoms with van der Waals surface area (Å²) in [6.07, 6.45) is 0. The minimum absolute atomic E-state index is 0.0539. The van der Waals surface area contributed by atoms with Gasteiger partial charge in [0.05, 0.1) is 0 Å². The summed E-state index contributed by atoms with van der Waals surface area (Å²) < 4.78 is 1.56. The van der Waals surface area contributed by atoms with Gasteiger partial charge in [0.1, 0.15) is 0 Å². The summed E-state index contributed by atoms with van der Waals surface area (Å²) >= 11 is 1.44. The van der Waals surface area contributed by atoms with E-state index in [1.54, 1.807) is 11.7 Å². The Bertz CT molecular complexity index is 340. The fourth-order valence-corrected chi connectivity index (χ4v) is 1.87. The lowest BCUT2D eigenvalue weighted by atomic mass is 10.1. The Kier molecular flexibility index (Phi) is 4.04. The molecule has 8 heteroatoms. The molecule has 0 fully saturated rings. The van der Waals surface area contributed by atoms with Crippen LogP contribution in [0.25, 0.3) is 0 Å². The molecule has 0 saturated heterocycles.